The predicted molar refractivity (Wildman–Crippen MR) is 92.0 cm³/mol. The lowest BCUT2D eigenvalue weighted by Gasteiger charge is -2.30. The molecule has 128 valence electrons. The zero-order chi connectivity index (χ0) is 17.0. The fourth-order valence-corrected chi connectivity index (χ4v) is 3.22. The first-order valence-electron chi connectivity index (χ1n) is 8.30. The molecular weight excluding hydrogens is 312 g/mol. The van der Waals surface area contributed by atoms with Crippen LogP contribution < -0.4 is 5.32 Å². The van der Waals surface area contributed by atoms with E-state index in [4.69, 9.17) is 0 Å². The van der Waals surface area contributed by atoms with E-state index in [0.717, 1.165) is 32.1 Å². The number of hydrogen-bond donors (Lipinski definition) is 2. The van der Waals surface area contributed by atoms with E-state index >= 15 is 0 Å². The van der Waals surface area contributed by atoms with Crippen LogP contribution in [0.5, 0.6) is 0 Å². The van der Waals surface area contributed by atoms with Gasteiger partial charge in [-0.15, -0.1) is 0 Å². The Morgan fingerprint density at radius 1 is 1.22 bits per heavy atom. The lowest BCUT2D eigenvalue weighted by molar-refractivity contribution is -0.138. The summed E-state index contributed by atoms with van der Waals surface area (Å²) < 4.78 is -0.0756. The first kappa shape index (κ1) is 18.0. The highest BCUT2D eigenvalue weighted by Crippen LogP contribution is 2.30. The number of carbonyl (C=O) groups is 3. The number of carbonyl (C=O) groups excluding carboxylic acids is 3. The van der Waals surface area contributed by atoms with E-state index in [1.807, 2.05) is 13.8 Å². The molecule has 1 fully saturated rings. The van der Waals surface area contributed by atoms with Crippen LogP contribution in [0.25, 0.3) is 0 Å². The van der Waals surface area contributed by atoms with E-state index in [9.17, 15) is 14.4 Å². The van der Waals surface area contributed by atoms with Gasteiger partial charge >= 0.3 is 0 Å². The van der Waals surface area contributed by atoms with Crippen molar-refractivity contribution in [3.05, 3.63) is 12.2 Å². The molecule has 0 aromatic rings. The molecule has 0 saturated heterocycles. The van der Waals surface area contributed by atoms with Crippen LogP contribution in [0.4, 0.5) is 0 Å². The molecule has 1 N–H and O–H groups in total. The summed E-state index contributed by atoms with van der Waals surface area (Å²) in [6.07, 6.45) is 6.90. The van der Waals surface area contributed by atoms with Crippen LogP contribution in [0, 0.1) is 11.8 Å². The van der Waals surface area contributed by atoms with Crippen LogP contribution in [0.1, 0.15) is 46.0 Å². The number of nitrogens with zero attached hydrogens (tertiary/aromatic N) is 1. The van der Waals surface area contributed by atoms with Gasteiger partial charge in [0.15, 0.2) is 0 Å². The minimum absolute atomic E-state index is 0.0531. The van der Waals surface area contributed by atoms with E-state index in [-0.39, 0.29) is 28.4 Å². The summed E-state index contributed by atoms with van der Waals surface area (Å²) in [6, 6.07) is 0. The first-order chi connectivity index (χ1) is 10.8. The fraction of sp³-hybridized carbons (Fsp3) is 0.706. The molecular formula is C17H26N2O3S. The highest BCUT2D eigenvalue weighted by atomic mass is 32.1. The van der Waals surface area contributed by atoms with Gasteiger partial charge in [-0.25, -0.2) is 0 Å². The molecule has 3 amide bonds. The third-order valence-corrected chi connectivity index (χ3v) is 4.82. The monoisotopic (exact) mass is 338 g/mol. The summed E-state index contributed by atoms with van der Waals surface area (Å²) in [5.41, 5.74) is 0. The Morgan fingerprint density at radius 2 is 1.78 bits per heavy atom. The first-order valence-corrected chi connectivity index (χ1v) is 8.74. The van der Waals surface area contributed by atoms with Crippen LogP contribution in [0.3, 0.4) is 0 Å². The van der Waals surface area contributed by atoms with Gasteiger partial charge in [0.25, 0.3) is 11.8 Å². The molecule has 5 nitrogen and oxygen atoms in total. The Hall–Kier alpha value is -1.30. The lowest BCUT2D eigenvalue weighted by atomic mass is 9.81. The summed E-state index contributed by atoms with van der Waals surface area (Å²) in [7, 11) is 0. The van der Waals surface area contributed by atoms with Crippen LogP contribution in [-0.2, 0) is 14.4 Å². The number of thiol groups is 1. The van der Waals surface area contributed by atoms with Crippen molar-refractivity contribution in [2.24, 2.45) is 11.8 Å². The van der Waals surface area contributed by atoms with Gasteiger partial charge in [-0.2, -0.15) is 12.6 Å². The number of hydrogen-bond acceptors (Lipinski definition) is 4. The zero-order valence-electron chi connectivity index (χ0n) is 13.9. The topological polar surface area (TPSA) is 66.5 Å². The quantitative estimate of drug-likeness (QED) is 0.574. The summed E-state index contributed by atoms with van der Waals surface area (Å²) in [5, 5.41) is 2.99. The van der Waals surface area contributed by atoms with Gasteiger partial charge < -0.3 is 5.32 Å². The number of imide groups is 1. The van der Waals surface area contributed by atoms with E-state index < -0.39 is 0 Å². The molecule has 2 aliphatic rings. The highest BCUT2D eigenvalue weighted by Gasteiger charge is 2.31. The van der Waals surface area contributed by atoms with Crippen molar-refractivity contribution in [3.8, 4) is 0 Å². The Morgan fingerprint density at radius 3 is 2.30 bits per heavy atom. The second-order valence-electron chi connectivity index (χ2n) is 7.19. The number of nitrogens with one attached hydrogen (secondary N) is 1. The number of rotatable bonds is 6. The van der Waals surface area contributed by atoms with Crippen molar-refractivity contribution < 1.29 is 14.4 Å². The average Bonchev–Trinajstić information content (AvgIpc) is 2.78. The molecule has 2 rings (SSSR count). The SMILES string of the molecule is CC(C)(S)CCNC(=O)C1CCC(CN2C(=O)C=CC2=O)CC1. The van der Waals surface area contributed by atoms with E-state index in [1.165, 1.54) is 17.1 Å². The summed E-state index contributed by atoms with van der Waals surface area (Å²) in [6.45, 7) is 5.19. The standard InChI is InChI=1S/C17H26N2O3S/c1-17(2,23)9-10-18-16(22)13-5-3-12(4-6-13)11-19-14(20)7-8-15(19)21/h7-8,12-13,23H,3-6,9-11H2,1-2H3,(H,18,22). The van der Waals surface area contributed by atoms with E-state index in [2.05, 4.69) is 17.9 Å². The third kappa shape index (κ3) is 5.37. The minimum Gasteiger partial charge on any atom is -0.356 e. The maximum absolute atomic E-state index is 12.2. The van der Waals surface area contributed by atoms with Gasteiger partial charge in [0.05, 0.1) is 0 Å². The van der Waals surface area contributed by atoms with Gasteiger partial charge in [0.1, 0.15) is 0 Å². The third-order valence-electron chi connectivity index (χ3n) is 4.59. The summed E-state index contributed by atoms with van der Waals surface area (Å²) in [4.78, 5) is 36.6. The maximum Gasteiger partial charge on any atom is 0.253 e. The minimum atomic E-state index is -0.218. The molecule has 1 heterocycles. The van der Waals surface area contributed by atoms with Gasteiger partial charge in [0.2, 0.25) is 5.91 Å². The molecule has 0 aromatic heterocycles. The molecule has 6 heteroatoms. The van der Waals surface area contributed by atoms with Crippen LogP contribution >= 0.6 is 12.6 Å². The van der Waals surface area contributed by atoms with Crippen molar-refractivity contribution in [3.63, 3.8) is 0 Å². The zero-order valence-corrected chi connectivity index (χ0v) is 14.8. The van der Waals surface area contributed by atoms with E-state index in [0.29, 0.717) is 19.0 Å². The summed E-state index contributed by atoms with van der Waals surface area (Å²) >= 11 is 4.45. The molecule has 1 aliphatic carbocycles. The second-order valence-corrected chi connectivity index (χ2v) is 8.40. The van der Waals surface area contributed by atoms with Crippen molar-refractivity contribution >= 4 is 30.4 Å². The Bertz CT molecular complexity index is 484. The molecule has 0 atom stereocenters. The summed E-state index contributed by atoms with van der Waals surface area (Å²) in [5.74, 6) is 0.0464. The van der Waals surface area contributed by atoms with Gasteiger partial charge in [-0.05, 0) is 38.0 Å². The van der Waals surface area contributed by atoms with Crippen molar-refractivity contribution in [1.29, 1.82) is 0 Å². The predicted octanol–water partition coefficient (Wildman–Crippen LogP) is 1.93. The van der Waals surface area contributed by atoms with Crippen LogP contribution in [0.2, 0.25) is 0 Å². The molecule has 0 spiro atoms. The Labute approximate surface area is 143 Å². The largest absolute Gasteiger partial charge is 0.356 e. The molecule has 0 aromatic carbocycles. The number of amides is 3. The second kappa shape index (κ2) is 7.51. The van der Waals surface area contributed by atoms with Gasteiger partial charge in [0, 0.05) is 35.9 Å². The molecule has 0 unspecified atom stereocenters. The molecule has 1 saturated carbocycles. The smallest absolute Gasteiger partial charge is 0.253 e. The lowest BCUT2D eigenvalue weighted by Crippen LogP contribution is -2.39. The Kier molecular flexibility index (Phi) is 5.89. The molecule has 1 aliphatic heterocycles. The van der Waals surface area contributed by atoms with Crippen molar-refractivity contribution in [2.75, 3.05) is 13.1 Å². The van der Waals surface area contributed by atoms with Gasteiger partial charge in [-0.3, -0.25) is 19.3 Å². The molecule has 0 bridgehead atoms. The maximum atomic E-state index is 12.2. The molecule has 0 radical (unpaired) electrons. The van der Waals surface area contributed by atoms with E-state index in [1.54, 1.807) is 0 Å². The normalized spacial score (nSPS) is 25.1. The fourth-order valence-electron chi connectivity index (χ4n) is 3.11. The van der Waals surface area contributed by atoms with Crippen molar-refractivity contribution in [1.82, 2.24) is 10.2 Å². The average molecular weight is 338 g/mol. The highest BCUT2D eigenvalue weighted by molar-refractivity contribution is 7.81. The Balaban J connectivity index is 1.70. The van der Waals surface area contributed by atoms with Crippen LogP contribution in [-0.4, -0.2) is 40.5 Å². The van der Waals surface area contributed by atoms with Gasteiger partial charge in [-0.1, -0.05) is 13.8 Å². The van der Waals surface area contributed by atoms with Crippen molar-refractivity contribution in [2.45, 2.75) is 50.7 Å². The molecule has 23 heavy (non-hydrogen) atoms. The van der Waals surface area contributed by atoms with Crippen LogP contribution in [0.15, 0.2) is 12.2 Å².